The number of hydrogen-bond donors (Lipinski definition) is 1. The Kier molecular flexibility index (Phi) is 4.48. The van der Waals surface area contributed by atoms with E-state index in [1.54, 1.807) is 6.07 Å². The van der Waals surface area contributed by atoms with Crippen molar-refractivity contribution < 1.29 is 9.47 Å². The van der Waals surface area contributed by atoms with Gasteiger partial charge in [0.1, 0.15) is 13.2 Å². The highest BCUT2D eigenvalue weighted by Crippen LogP contribution is 2.38. The Balaban J connectivity index is 1.78. The molecule has 0 spiro atoms. The van der Waals surface area contributed by atoms with Gasteiger partial charge in [0.25, 0.3) is 0 Å². The molecule has 0 atom stereocenters. The zero-order valence-electron chi connectivity index (χ0n) is 11.0. The van der Waals surface area contributed by atoms with Crippen LogP contribution in [0.2, 0.25) is 10.0 Å². The van der Waals surface area contributed by atoms with Gasteiger partial charge < -0.3 is 14.8 Å². The Hall–Kier alpha value is -1.10. The predicted octanol–water partition coefficient (Wildman–Crippen LogP) is 5.14. The SMILES string of the molecule is Clc1cc(Br)ccc1CNc1cc2c(cc1Cl)OCCO2. The Morgan fingerprint density at radius 3 is 2.43 bits per heavy atom. The van der Waals surface area contributed by atoms with Gasteiger partial charge in [-0.1, -0.05) is 45.2 Å². The first kappa shape index (κ1) is 14.8. The van der Waals surface area contributed by atoms with Crippen LogP contribution in [0.25, 0.3) is 0 Å². The van der Waals surface area contributed by atoms with Crippen molar-refractivity contribution >= 4 is 44.8 Å². The lowest BCUT2D eigenvalue weighted by Gasteiger charge is -2.20. The largest absolute Gasteiger partial charge is 0.486 e. The number of rotatable bonds is 3. The van der Waals surface area contributed by atoms with Crippen molar-refractivity contribution in [3.63, 3.8) is 0 Å². The Morgan fingerprint density at radius 2 is 1.71 bits per heavy atom. The summed E-state index contributed by atoms with van der Waals surface area (Å²) in [5.41, 5.74) is 1.78. The lowest BCUT2D eigenvalue weighted by Crippen LogP contribution is -2.15. The minimum Gasteiger partial charge on any atom is -0.486 e. The molecular weight excluding hydrogens is 377 g/mol. The summed E-state index contributed by atoms with van der Waals surface area (Å²) in [5.74, 6) is 1.38. The molecule has 0 radical (unpaired) electrons. The van der Waals surface area contributed by atoms with E-state index < -0.39 is 0 Å². The summed E-state index contributed by atoms with van der Waals surface area (Å²) in [6.45, 7) is 1.67. The van der Waals surface area contributed by atoms with Crippen molar-refractivity contribution in [2.24, 2.45) is 0 Å². The van der Waals surface area contributed by atoms with Gasteiger partial charge in [0, 0.05) is 28.2 Å². The summed E-state index contributed by atoms with van der Waals surface area (Å²) >= 11 is 15.8. The van der Waals surface area contributed by atoms with Crippen LogP contribution >= 0.6 is 39.1 Å². The van der Waals surface area contributed by atoms with Crippen molar-refractivity contribution in [3.05, 3.63) is 50.4 Å². The molecular formula is C15H12BrCl2NO2. The number of nitrogens with one attached hydrogen (secondary N) is 1. The second-order valence-electron chi connectivity index (χ2n) is 4.56. The van der Waals surface area contributed by atoms with Crippen LogP contribution in [0, 0.1) is 0 Å². The molecule has 1 heterocycles. The van der Waals surface area contributed by atoms with Gasteiger partial charge in [0.2, 0.25) is 0 Å². The van der Waals surface area contributed by atoms with E-state index in [9.17, 15) is 0 Å². The highest BCUT2D eigenvalue weighted by molar-refractivity contribution is 9.10. The minimum absolute atomic E-state index is 0.546. The predicted molar refractivity (Wildman–Crippen MR) is 88.9 cm³/mol. The van der Waals surface area contributed by atoms with Crippen LogP contribution in [0.5, 0.6) is 11.5 Å². The monoisotopic (exact) mass is 387 g/mol. The summed E-state index contributed by atoms with van der Waals surface area (Å²) in [6.07, 6.45) is 0. The van der Waals surface area contributed by atoms with Gasteiger partial charge in [0.15, 0.2) is 11.5 Å². The van der Waals surface area contributed by atoms with Gasteiger partial charge in [-0.3, -0.25) is 0 Å². The van der Waals surface area contributed by atoms with Gasteiger partial charge in [-0.15, -0.1) is 0 Å². The van der Waals surface area contributed by atoms with E-state index in [1.807, 2.05) is 24.3 Å². The number of ether oxygens (including phenoxy) is 2. The first-order chi connectivity index (χ1) is 10.1. The zero-order chi connectivity index (χ0) is 14.8. The van der Waals surface area contributed by atoms with E-state index in [1.165, 1.54) is 0 Å². The number of halogens is 3. The fourth-order valence-electron chi connectivity index (χ4n) is 2.05. The Labute approximate surface area is 141 Å². The van der Waals surface area contributed by atoms with Crippen LogP contribution < -0.4 is 14.8 Å². The van der Waals surface area contributed by atoms with E-state index >= 15 is 0 Å². The number of hydrogen-bond acceptors (Lipinski definition) is 3. The fourth-order valence-corrected chi connectivity index (χ4v) is 3.02. The molecule has 1 aliphatic heterocycles. The molecule has 3 nitrogen and oxygen atoms in total. The second-order valence-corrected chi connectivity index (χ2v) is 6.30. The van der Waals surface area contributed by atoms with Crippen LogP contribution in [-0.4, -0.2) is 13.2 Å². The zero-order valence-corrected chi connectivity index (χ0v) is 14.1. The van der Waals surface area contributed by atoms with E-state index in [4.69, 9.17) is 32.7 Å². The summed E-state index contributed by atoms with van der Waals surface area (Å²) in [5, 5.41) is 4.56. The fraction of sp³-hybridized carbons (Fsp3) is 0.200. The van der Waals surface area contributed by atoms with Crippen molar-refractivity contribution in [1.29, 1.82) is 0 Å². The first-order valence-electron chi connectivity index (χ1n) is 6.40. The van der Waals surface area contributed by atoms with Crippen LogP contribution in [0.3, 0.4) is 0 Å². The van der Waals surface area contributed by atoms with Crippen molar-refractivity contribution in [2.45, 2.75) is 6.54 Å². The molecule has 1 N–H and O–H groups in total. The van der Waals surface area contributed by atoms with Crippen LogP contribution in [-0.2, 0) is 6.54 Å². The Bertz CT molecular complexity index is 679. The maximum absolute atomic E-state index is 6.25. The van der Waals surface area contributed by atoms with Crippen molar-refractivity contribution in [2.75, 3.05) is 18.5 Å². The molecule has 1 aliphatic rings. The molecule has 0 amide bonds. The molecule has 0 aliphatic carbocycles. The molecule has 0 unspecified atom stereocenters. The summed E-state index contributed by atoms with van der Waals surface area (Å²) in [6, 6.07) is 9.40. The molecule has 6 heteroatoms. The highest BCUT2D eigenvalue weighted by Gasteiger charge is 2.15. The topological polar surface area (TPSA) is 30.5 Å². The summed E-state index contributed by atoms with van der Waals surface area (Å²) < 4.78 is 12.0. The molecule has 0 bridgehead atoms. The maximum Gasteiger partial charge on any atom is 0.163 e. The van der Waals surface area contributed by atoms with Crippen LogP contribution in [0.15, 0.2) is 34.8 Å². The average Bonchev–Trinajstić information content (AvgIpc) is 2.46. The lowest BCUT2D eigenvalue weighted by molar-refractivity contribution is 0.171. The average molecular weight is 389 g/mol. The van der Waals surface area contributed by atoms with Crippen LogP contribution in [0.4, 0.5) is 5.69 Å². The minimum atomic E-state index is 0.546. The van der Waals surface area contributed by atoms with E-state index in [-0.39, 0.29) is 0 Å². The maximum atomic E-state index is 6.25. The quantitative estimate of drug-likeness (QED) is 0.789. The van der Waals surface area contributed by atoms with Crippen molar-refractivity contribution in [1.82, 2.24) is 0 Å². The number of fused-ring (bicyclic) bond motifs is 1. The first-order valence-corrected chi connectivity index (χ1v) is 7.95. The van der Waals surface area contributed by atoms with E-state index in [2.05, 4.69) is 21.2 Å². The third-order valence-corrected chi connectivity index (χ3v) is 4.27. The molecule has 0 aromatic heterocycles. The standard InChI is InChI=1S/C15H12BrCl2NO2/c16-10-2-1-9(11(17)5-10)8-19-13-7-15-14(6-12(13)18)20-3-4-21-15/h1-2,5-7,19H,3-4,8H2. The molecule has 110 valence electrons. The smallest absolute Gasteiger partial charge is 0.163 e. The lowest BCUT2D eigenvalue weighted by atomic mass is 10.2. The number of anilines is 1. The molecule has 21 heavy (non-hydrogen) atoms. The summed E-state index contributed by atoms with van der Waals surface area (Å²) in [7, 11) is 0. The van der Waals surface area contributed by atoms with E-state index in [0.717, 1.165) is 15.7 Å². The van der Waals surface area contributed by atoms with Crippen LogP contribution in [0.1, 0.15) is 5.56 Å². The van der Waals surface area contributed by atoms with Gasteiger partial charge in [-0.05, 0) is 17.7 Å². The Morgan fingerprint density at radius 1 is 1.00 bits per heavy atom. The van der Waals surface area contributed by atoms with Gasteiger partial charge in [-0.2, -0.15) is 0 Å². The summed E-state index contributed by atoms with van der Waals surface area (Å²) in [4.78, 5) is 0. The molecule has 0 saturated carbocycles. The molecule has 0 fully saturated rings. The normalized spacial score (nSPS) is 13.1. The molecule has 0 saturated heterocycles. The van der Waals surface area contributed by atoms with Crippen molar-refractivity contribution in [3.8, 4) is 11.5 Å². The van der Waals surface area contributed by atoms with Gasteiger partial charge >= 0.3 is 0 Å². The molecule has 2 aromatic rings. The molecule has 3 rings (SSSR count). The van der Waals surface area contributed by atoms with Gasteiger partial charge in [0.05, 0.1) is 10.7 Å². The second kappa shape index (κ2) is 6.34. The highest BCUT2D eigenvalue weighted by atomic mass is 79.9. The van der Waals surface area contributed by atoms with E-state index in [0.29, 0.717) is 41.3 Å². The molecule has 2 aromatic carbocycles. The number of benzene rings is 2. The third kappa shape index (κ3) is 3.39. The van der Waals surface area contributed by atoms with Gasteiger partial charge in [-0.25, -0.2) is 0 Å². The third-order valence-electron chi connectivity index (χ3n) is 3.12.